The average Bonchev–Trinajstić information content (AvgIpc) is 2.45. The number of non-ortho nitro benzene ring substituents is 1. The fourth-order valence-electron chi connectivity index (χ4n) is 2.04. The Balaban J connectivity index is 2.30. The van der Waals surface area contributed by atoms with E-state index in [0.717, 1.165) is 0 Å². The van der Waals surface area contributed by atoms with E-state index in [9.17, 15) is 20.0 Å². The average molecular weight is 345 g/mol. The summed E-state index contributed by atoms with van der Waals surface area (Å²) in [4.78, 5) is 24.2. The van der Waals surface area contributed by atoms with Gasteiger partial charge in [-0.25, -0.2) is 0 Å². The summed E-state index contributed by atoms with van der Waals surface area (Å²) < 4.78 is 5.67. The van der Waals surface area contributed by atoms with Crippen LogP contribution in [-0.2, 0) is 4.74 Å². The van der Waals surface area contributed by atoms with E-state index in [4.69, 9.17) is 4.74 Å². The second kappa shape index (κ2) is 6.29. The van der Waals surface area contributed by atoms with Crippen LogP contribution in [0.2, 0.25) is 0 Å². The SMILES string of the molecule is O=C(c1cc(Br)cc([N+](=O)[O-])c1)N1CCOCC1CO. The highest BCUT2D eigenvalue weighted by molar-refractivity contribution is 9.10. The summed E-state index contributed by atoms with van der Waals surface area (Å²) in [6.45, 7) is 0.795. The number of aliphatic hydroxyl groups excluding tert-OH is 1. The summed E-state index contributed by atoms with van der Waals surface area (Å²) in [7, 11) is 0. The molecule has 1 N–H and O–H groups in total. The lowest BCUT2D eigenvalue weighted by Crippen LogP contribution is -2.50. The number of benzene rings is 1. The maximum atomic E-state index is 12.4. The third-order valence-electron chi connectivity index (χ3n) is 3.04. The van der Waals surface area contributed by atoms with Gasteiger partial charge in [0.15, 0.2) is 0 Å². The molecular formula is C12H13BrN2O5. The Labute approximate surface area is 123 Å². The zero-order valence-electron chi connectivity index (χ0n) is 10.5. The number of amides is 1. The molecule has 108 valence electrons. The van der Waals surface area contributed by atoms with Crippen molar-refractivity contribution in [2.75, 3.05) is 26.4 Å². The second-order valence-corrected chi connectivity index (χ2v) is 5.28. The first-order chi connectivity index (χ1) is 9.52. The number of ether oxygens (including phenoxy) is 1. The molecular weight excluding hydrogens is 332 g/mol. The molecule has 1 unspecified atom stereocenters. The van der Waals surface area contributed by atoms with Gasteiger partial charge in [-0.2, -0.15) is 0 Å². The molecule has 2 rings (SSSR count). The van der Waals surface area contributed by atoms with Gasteiger partial charge in [-0.1, -0.05) is 15.9 Å². The van der Waals surface area contributed by atoms with E-state index in [1.54, 1.807) is 0 Å². The van der Waals surface area contributed by atoms with Crippen molar-refractivity contribution < 1.29 is 19.6 Å². The number of halogens is 1. The summed E-state index contributed by atoms with van der Waals surface area (Å²) in [5.74, 6) is -0.350. The van der Waals surface area contributed by atoms with Crippen LogP contribution in [0.15, 0.2) is 22.7 Å². The van der Waals surface area contributed by atoms with E-state index in [1.165, 1.54) is 23.1 Å². The first-order valence-electron chi connectivity index (χ1n) is 5.97. The van der Waals surface area contributed by atoms with Crippen molar-refractivity contribution in [3.8, 4) is 0 Å². The number of morpholine rings is 1. The first kappa shape index (κ1) is 14.9. The molecule has 0 aliphatic carbocycles. The van der Waals surface area contributed by atoms with E-state index in [1.807, 2.05) is 0 Å². The molecule has 1 saturated heterocycles. The van der Waals surface area contributed by atoms with E-state index in [0.29, 0.717) is 17.6 Å². The van der Waals surface area contributed by atoms with E-state index < -0.39 is 11.0 Å². The molecule has 20 heavy (non-hydrogen) atoms. The highest BCUT2D eigenvalue weighted by atomic mass is 79.9. The number of hydrogen-bond acceptors (Lipinski definition) is 5. The molecule has 1 aromatic rings. The molecule has 1 heterocycles. The number of nitro benzene ring substituents is 1. The van der Waals surface area contributed by atoms with Gasteiger partial charge in [0.2, 0.25) is 0 Å². The normalized spacial score (nSPS) is 18.9. The minimum atomic E-state index is -0.551. The Morgan fingerprint density at radius 2 is 2.30 bits per heavy atom. The summed E-state index contributed by atoms with van der Waals surface area (Å²) >= 11 is 3.16. The third kappa shape index (κ3) is 3.14. The fraction of sp³-hybridized carbons (Fsp3) is 0.417. The molecule has 0 saturated carbocycles. The van der Waals surface area contributed by atoms with Gasteiger partial charge in [0.1, 0.15) is 0 Å². The number of carbonyl (C=O) groups excluding carboxylic acids is 1. The zero-order valence-corrected chi connectivity index (χ0v) is 12.1. The quantitative estimate of drug-likeness (QED) is 0.656. The fourth-order valence-corrected chi connectivity index (χ4v) is 2.52. The second-order valence-electron chi connectivity index (χ2n) is 4.37. The molecule has 1 atom stereocenters. The van der Waals surface area contributed by atoms with Gasteiger partial charge in [-0.15, -0.1) is 0 Å². The maximum Gasteiger partial charge on any atom is 0.271 e. The molecule has 0 spiro atoms. The Morgan fingerprint density at radius 1 is 1.55 bits per heavy atom. The number of rotatable bonds is 3. The minimum absolute atomic E-state index is 0.156. The Morgan fingerprint density at radius 3 is 2.95 bits per heavy atom. The Hall–Kier alpha value is -1.51. The van der Waals surface area contributed by atoms with Gasteiger partial charge >= 0.3 is 0 Å². The summed E-state index contributed by atoms with van der Waals surface area (Å²) in [6.07, 6.45) is 0. The Bertz CT molecular complexity index is 537. The van der Waals surface area contributed by atoms with Crippen LogP contribution >= 0.6 is 15.9 Å². The van der Waals surface area contributed by atoms with Crippen LogP contribution < -0.4 is 0 Å². The molecule has 1 fully saturated rings. The number of nitro groups is 1. The highest BCUT2D eigenvalue weighted by Crippen LogP contribution is 2.23. The smallest absolute Gasteiger partial charge is 0.271 e. The number of carbonyl (C=O) groups is 1. The van der Waals surface area contributed by atoms with Gasteiger partial charge in [-0.3, -0.25) is 14.9 Å². The lowest BCUT2D eigenvalue weighted by molar-refractivity contribution is -0.385. The Kier molecular flexibility index (Phi) is 4.69. The van der Waals surface area contributed by atoms with E-state index >= 15 is 0 Å². The lowest BCUT2D eigenvalue weighted by atomic mass is 10.1. The van der Waals surface area contributed by atoms with Gasteiger partial charge in [0.25, 0.3) is 11.6 Å². The standard InChI is InChI=1S/C12H13BrN2O5/c13-9-3-8(4-10(5-9)15(18)19)12(17)14-1-2-20-7-11(14)6-16/h3-5,11,16H,1-2,6-7H2. The topological polar surface area (TPSA) is 92.9 Å². The molecule has 0 radical (unpaired) electrons. The van der Waals surface area contributed by atoms with Crippen molar-refractivity contribution >= 4 is 27.5 Å². The molecule has 1 aliphatic heterocycles. The van der Waals surface area contributed by atoms with Crippen LogP contribution in [0.5, 0.6) is 0 Å². The van der Waals surface area contributed by atoms with Crippen molar-refractivity contribution in [1.29, 1.82) is 0 Å². The lowest BCUT2D eigenvalue weighted by Gasteiger charge is -2.34. The molecule has 8 heteroatoms. The number of aliphatic hydroxyl groups is 1. The van der Waals surface area contributed by atoms with Crippen LogP contribution in [0.25, 0.3) is 0 Å². The predicted octanol–water partition coefficient (Wildman–Crippen LogP) is 1.19. The highest BCUT2D eigenvalue weighted by Gasteiger charge is 2.28. The van der Waals surface area contributed by atoms with Gasteiger partial charge in [0, 0.05) is 28.7 Å². The van der Waals surface area contributed by atoms with Gasteiger partial charge in [-0.05, 0) is 6.07 Å². The number of nitrogens with zero attached hydrogens (tertiary/aromatic N) is 2. The third-order valence-corrected chi connectivity index (χ3v) is 3.50. The van der Waals surface area contributed by atoms with Crippen molar-refractivity contribution in [3.63, 3.8) is 0 Å². The van der Waals surface area contributed by atoms with Crippen LogP contribution in [0.3, 0.4) is 0 Å². The van der Waals surface area contributed by atoms with Crippen LogP contribution in [0.4, 0.5) is 5.69 Å². The monoisotopic (exact) mass is 344 g/mol. The largest absolute Gasteiger partial charge is 0.394 e. The van der Waals surface area contributed by atoms with Crippen LogP contribution in [0.1, 0.15) is 10.4 Å². The van der Waals surface area contributed by atoms with Gasteiger partial charge < -0.3 is 14.7 Å². The minimum Gasteiger partial charge on any atom is -0.394 e. The van der Waals surface area contributed by atoms with Crippen molar-refractivity contribution in [1.82, 2.24) is 4.90 Å². The van der Waals surface area contributed by atoms with E-state index in [2.05, 4.69) is 15.9 Å². The van der Waals surface area contributed by atoms with Crippen molar-refractivity contribution in [2.45, 2.75) is 6.04 Å². The predicted molar refractivity (Wildman–Crippen MR) is 73.5 cm³/mol. The van der Waals surface area contributed by atoms with Gasteiger partial charge in [0.05, 0.1) is 30.8 Å². The zero-order chi connectivity index (χ0) is 14.7. The summed E-state index contributed by atoms with van der Waals surface area (Å²) in [5, 5.41) is 20.1. The van der Waals surface area contributed by atoms with Crippen LogP contribution in [0, 0.1) is 10.1 Å². The first-order valence-corrected chi connectivity index (χ1v) is 6.77. The molecule has 1 aromatic carbocycles. The van der Waals surface area contributed by atoms with E-state index in [-0.39, 0.29) is 30.4 Å². The molecule has 1 amide bonds. The summed E-state index contributed by atoms with van der Waals surface area (Å²) in [6, 6.07) is 3.67. The van der Waals surface area contributed by atoms with Crippen molar-refractivity contribution in [2.24, 2.45) is 0 Å². The maximum absolute atomic E-state index is 12.4. The van der Waals surface area contributed by atoms with Crippen LogP contribution in [-0.4, -0.2) is 53.2 Å². The molecule has 7 nitrogen and oxygen atoms in total. The summed E-state index contributed by atoms with van der Waals surface area (Å²) in [5.41, 5.74) is 0.0583. The number of hydrogen-bond donors (Lipinski definition) is 1. The molecule has 0 bridgehead atoms. The van der Waals surface area contributed by atoms with Crippen molar-refractivity contribution in [3.05, 3.63) is 38.3 Å². The molecule has 0 aromatic heterocycles. The molecule has 1 aliphatic rings.